The fraction of sp³-hybridized carbons (Fsp3) is 0.500. The van der Waals surface area contributed by atoms with E-state index in [0.717, 1.165) is 26.2 Å². The molecule has 1 fully saturated rings. The van der Waals surface area contributed by atoms with Gasteiger partial charge in [0.1, 0.15) is 0 Å². The number of rotatable bonds is 6. The Balaban J connectivity index is 1.55. The van der Waals surface area contributed by atoms with Gasteiger partial charge in [-0.2, -0.15) is 5.10 Å². The minimum absolute atomic E-state index is 0.408. The summed E-state index contributed by atoms with van der Waals surface area (Å²) in [6.45, 7) is 3.74. The van der Waals surface area contributed by atoms with Crippen molar-refractivity contribution in [1.29, 1.82) is 0 Å². The van der Waals surface area contributed by atoms with Gasteiger partial charge in [-0.1, -0.05) is 24.3 Å². The Hall–Kier alpha value is -1.65. The summed E-state index contributed by atoms with van der Waals surface area (Å²) in [5.74, 6) is 0. The van der Waals surface area contributed by atoms with Gasteiger partial charge in [0.2, 0.25) is 0 Å². The molecule has 1 aromatic heterocycles. The number of hydrogen-bond donors (Lipinski definition) is 0. The molecule has 1 saturated heterocycles. The standard InChI is InChI=1S/C18H25N3O/c1-20(15-18-8-2-3-11-22-18)13-16-6-4-7-17(12-16)14-21-10-5-9-19-21/h4-7,9-10,12,18H,2-3,8,11,13-15H2,1H3/t18-/m0/s1. The quantitative estimate of drug-likeness (QED) is 0.821. The summed E-state index contributed by atoms with van der Waals surface area (Å²) in [5, 5.41) is 4.27. The highest BCUT2D eigenvalue weighted by Gasteiger charge is 2.15. The number of hydrogen-bond acceptors (Lipinski definition) is 3. The highest BCUT2D eigenvalue weighted by Crippen LogP contribution is 2.15. The average molecular weight is 299 g/mol. The number of benzene rings is 1. The molecule has 0 radical (unpaired) electrons. The van der Waals surface area contributed by atoms with E-state index in [0.29, 0.717) is 6.10 Å². The van der Waals surface area contributed by atoms with E-state index in [1.165, 1.54) is 30.4 Å². The van der Waals surface area contributed by atoms with Gasteiger partial charge in [0.15, 0.2) is 0 Å². The van der Waals surface area contributed by atoms with Crippen LogP contribution in [-0.2, 0) is 17.8 Å². The van der Waals surface area contributed by atoms with E-state index in [4.69, 9.17) is 4.74 Å². The monoisotopic (exact) mass is 299 g/mol. The van der Waals surface area contributed by atoms with Crippen LogP contribution in [0.1, 0.15) is 30.4 Å². The molecule has 118 valence electrons. The Morgan fingerprint density at radius 3 is 2.95 bits per heavy atom. The molecule has 2 heterocycles. The lowest BCUT2D eigenvalue weighted by Crippen LogP contribution is -2.33. The molecular formula is C18H25N3O. The van der Waals surface area contributed by atoms with Crippen LogP contribution in [-0.4, -0.2) is 41.0 Å². The molecule has 1 aliphatic heterocycles. The summed E-state index contributed by atoms with van der Waals surface area (Å²) >= 11 is 0. The third kappa shape index (κ3) is 4.42. The van der Waals surface area contributed by atoms with Gasteiger partial charge in [-0.25, -0.2) is 0 Å². The van der Waals surface area contributed by atoms with Crippen LogP contribution in [0.3, 0.4) is 0 Å². The van der Waals surface area contributed by atoms with Crippen LogP contribution < -0.4 is 0 Å². The summed E-state index contributed by atoms with van der Waals surface area (Å²) in [5.41, 5.74) is 2.64. The van der Waals surface area contributed by atoms with Crippen LogP contribution in [0.4, 0.5) is 0 Å². The van der Waals surface area contributed by atoms with Crippen molar-refractivity contribution >= 4 is 0 Å². The second-order valence-electron chi connectivity index (χ2n) is 6.21. The molecule has 0 bridgehead atoms. The Morgan fingerprint density at radius 2 is 2.18 bits per heavy atom. The second-order valence-corrected chi connectivity index (χ2v) is 6.21. The molecule has 22 heavy (non-hydrogen) atoms. The summed E-state index contributed by atoms with van der Waals surface area (Å²) in [4.78, 5) is 2.36. The predicted octanol–water partition coefficient (Wildman–Crippen LogP) is 2.93. The normalized spacial score (nSPS) is 18.7. The van der Waals surface area contributed by atoms with E-state index in [9.17, 15) is 0 Å². The first-order valence-corrected chi connectivity index (χ1v) is 8.15. The van der Waals surface area contributed by atoms with Crippen molar-refractivity contribution in [3.8, 4) is 0 Å². The van der Waals surface area contributed by atoms with Crippen LogP contribution in [0.5, 0.6) is 0 Å². The lowest BCUT2D eigenvalue weighted by molar-refractivity contribution is -0.00259. The SMILES string of the molecule is CN(Cc1cccc(Cn2cccn2)c1)C[C@@H]1CCCCO1. The summed E-state index contributed by atoms with van der Waals surface area (Å²) in [6, 6.07) is 10.7. The van der Waals surface area contributed by atoms with Crippen molar-refractivity contribution in [3.05, 3.63) is 53.9 Å². The largest absolute Gasteiger partial charge is 0.377 e. The summed E-state index contributed by atoms with van der Waals surface area (Å²) in [7, 11) is 2.18. The zero-order chi connectivity index (χ0) is 15.2. The van der Waals surface area contributed by atoms with Crippen molar-refractivity contribution < 1.29 is 4.74 Å². The van der Waals surface area contributed by atoms with Gasteiger partial charge < -0.3 is 4.74 Å². The van der Waals surface area contributed by atoms with E-state index in [-0.39, 0.29) is 0 Å². The van der Waals surface area contributed by atoms with Crippen molar-refractivity contribution in [1.82, 2.24) is 14.7 Å². The molecule has 3 rings (SSSR count). The van der Waals surface area contributed by atoms with E-state index >= 15 is 0 Å². The third-order valence-corrected chi connectivity index (χ3v) is 4.14. The molecule has 1 aromatic carbocycles. The fourth-order valence-electron chi connectivity index (χ4n) is 3.08. The van der Waals surface area contributed by atoms with Crippen molar-refractivity contribution in [2.75, 3.05) is 20.2 Å². The molecule has 0 saturated carbocycles. The third-order valence-electron chi connectivity index (χ3n) is 4.14. The molecule has 0 aliphatic carbocycles. The number of likely N-dealkylation sites (N-methyl/N-ethyl adjacent to an activating group) is 1. The Morgan fingerprint density at radius 1 is 1.27 bits per heavy atom. The first kappa shape index (κ1) is 15.3. The molecule has 4 heteroatoms. The molecular weight excluding hydrogens is 274 g/mol. The smallest absolute Gasteiger partial charge is 0.0702 e. The average Bonchev–Trinajstić information content (AvgIpc) is 3.01. The predicted molar refractivity (Wildman–Crippen MR) is 87.7 cm³/mol. The van der Waals surface area contributed by atoms with Crippen LogP contribution in [0.25, 0.3) is 0 Å². The summed E-state index contributed by atoms with van der Waals surface area (Å²) in [6.07, 6.45) is 7.95. The highest BCUT2D eigenvalue weighted by molar-refractivity contribution is 5.23. The highest BCUT2D eigenvalue weighted by atomic mass is 16.5. The molecule has 4 nitrogen and oxygen atoms in total. The Labute approximate surface area is 132 Å². The molecule has 0 spiro atoms. The van der Waals surface area contributed by atoms with E-state index < -0.39 is 0 Å². The van der Waals surface area contributed by atoms with Gasteiger partial charge in [0.05, 0.1) is 12.6 Å². The van der Waals surface area contributed by atoms with Gasteiger partial charge in [-0.3, -0.25) is 9.58 Å². The van der Waals surface area contributed by atoms with E-state index in [1.807, 2.05) is 23.1 Å². The molecule has 2 aromatic rings. The second kappa shape index (κ2) is 7.56. The van der Waals surface area contributed by atoms with Gasteiger partial charge in [0, 0.05) is 32.1 Å². The molecule has 1 atom stereocenters. The maximum absolute atomic E-state index is 5.83. The molecule has 0 unspecified atom stereocenters. The first-order chi connectivity index (χ1) is 10.8. The van der Waals surface area contributed by atoms with E-state index in [2.05, 4.69) is 41.3 Å². The maximum Gasteiger partial charge on any atom is 0.0702 e. The zero-order valence-electron chi connectivity index (χ0n) is 13.3. The molecule has 1 aliphatic rings. The lowest BCUT2D eigenvalue weighted by Gasteiger charge is -2.27. The first-order valence-electron chi connectivity index (χ1n) is 8.15. The molecule has 0 N–H and O–H groups in total. The maximum atomic E-state index is 5.83. The van der Waals surface area contributed by atoms with Gasteiger partial charge in [0.25, 0.3) is 0 Å². The fourth-order valence-corrected chi connectivity index (χ4v) is 3.08. The van der Waals surface area contributed by atoms with Gasteiger partial charge >= 0.3 is 0 Å². The van der Waals surface area contributed by atoms with E-state index in [1.54, 1.807) is 0 Å². The summed E-state index contributed by atoms with van der Waals surface area (Å²) < 4.78 is 7.78. The minimum Gasteiger partial charge on any atom is -0.377 e. The number of nitrogens with zero attached hydrogens (tertiary/aromatic N) is 3. The lowest BCUT2D eigenvalue weighted by atomic mass is 10.1. The Bertz CT molecular complexity index is 561. The van der Waals surface area contributed by atoms with Crippen molar-refractivity contribution in [3.63, 3.8) is 0 Å². The van der Waals surface area contributed by atoms with Crippen molar-refractivity contribution in [2.24, 2.45) is 0 Å². The van der Waals surface area contributed by atoms with Crippen molar-refractivity contribution in [2.45, 2.75) is 38.5 Å². The van der Waals surface area contributed by atoms with Gasteiger partial charge in [-0.15, -0.1) is 0 Å². The topological polar surface area (TPSA) is 30.3 Å². The molecule has 0 amide bonds. The van der Waals surface area contributed by atoms with Crippen LogP contribution in [0.2, 0.25) is 0 Å². The Kier molecular flexibility index (Phi) is 5.24. The van der Waals surface area contributed by atoms with Crippen LogP contribution in [0.15, 0.2) is 42.7 Å². The zero-order valence-corrected chi connectivity index (χ0v) is 13.3. The van der Waals surface area contributed by atoms with Gasteiger partial charge in [-0.05, 0) is 43.5 Å². The van der Waals surface area contributed by atoms with Crippen LogP contribution >= 0.6 is 0 Å². The van der Waals surface area contributed by atoms with Crippen LogP contribution in [0, 0.1) is 0 Å². The number of aromatic nitrogens is 2. The minimum atomic E-state index is 0.408. The number of ether oxygens (including phenoxy) is 1.